The Morgan fingerprint density at radius 3 is 2.79 bits per heavy atom. The molecule has 0 aliphatic carbocycles. The van der Waals surface area contributed by atoms with E-state index < -0.39 is 0 Å². The normalized spacial score (nSPS) is 15.2. The van der Waals surface area contributed by atoms with Crippen LogP contribution >= 0.6 is 0 Å². The Kier molecular flexibility index (Phi) is 11.4. The number of rotatable bonds is 9. The average Bonchev–Trinajstić information content (AvgIpc) is 3.19. The predicted octanol–water partition coefficient (Wildman–Crippen LogP) is 2.64. The van der Waals surface area contributed by atoms with Crippen LogP contribution < -0.4 is 15.4 Å². The first-order chi connectivity index (χ1) is 14.0. The molecule has 1 aromatic rings. The first kappa shape index (κ1) is 24.4. The van der Waals surface area contributed by atoms with Gasteiger partial charge in [-0.1, -0.05) is 26.5 Å². The van der Waals surface area contributed by atoms with Crippen LogP contribution in [0.2, 0.25) is 0 Å². The molecule has 2 N–H and O–H groups in total. The van der Waals surface area contributed by atoms with Crippen LogP contribution in [0, 0.1) is 12.7 Å². The van der Waals surface area contributed by atoms with E-state index in [2.05, 4.69) is 17.2 Å². The van der Waals surface area contributed by atoms with Gasteiger partial charge in [0.05, 0.1) is 13.2 Å². The fourth-order valence-electron chi connectivity index (χ4n) is 2.71. The van der Waals surface area contributed by atoms with Crippen molar-refractivity contribution in [3.05, 3.63) is 42.2 Å². The minimum absolute atomic E-state index is 0.0408. The monoisotopic (exact) mass is 409 g/mol. The SMILES string of the molecule is C=CC(=O)NC1CCN(C(=O)NCCOCCOc2cc(F)ccc2C)C1.CC. The van der Waals surface area contributed by atoms with Gasteiger partial charge in [-0.25, -0.2) is 9.18 Å². The molecule has 7 nitrogen and oxygen atoms in total. The number of ether oxygens (including phenoxy) is 2. The lowest BCUT2D eigenvalue weighted by atomic mass is 10.2. The summed E-state index contributed by atoms with van der Waals surface area (Å²) in [4.78, 5) is 25.0. The molecule has 1 aliphatic rings. The minimum atomic E-state index is -0.340. The van der Waals surface area contributed by atoms with Crippen molar-refractivity contribution in [1.29, 1.82) is 0 Å². The van der Waals surface area contributed by atoms with E-state index in [1.807, 2.05) is 20.8 Å². The fourth-order valence-corrected chi connectivity index (χ4v) is 2.71. The summed E-state index contributed by atoms with van der Waals surface area (Å²) in [5, 5.41) is 5.56. The highest BCUT2D eigenvalue weighted by atomic mass is 19.1. The average molecular weight is 410 g/mol. The van der Waals surface area contributed by atoms with Crippen LogP contribution in [0.5, 0.6) is 5.75 Å². The van der Waals surface area contributed by atoms with Gasteiger partial charge in [0.2, 0.25) is 5.91 Å². The lowest BCUT2D eigenvalue weighted by Gasteiger charge is -2.17. The molecule has 162 valence electrons. The summed E-state index contributed by atoms with van der Waals surface area (Å²) in [5.41, 5.74) is 0.858. The quantitative estimate of drug-likeness (QED) is 0.485. The van der Waals surface area contributed by atoms with E-state index in [1.54, 1.807) is 11.0 Å². The molecule has 1 aromatic carbocycles. The van der Waals surface area contributed by atoms with Gasteiger partial charge in [0, 0.05) is 31.7 Å². The maximum Gasteiger partial charge on any atom is 0.317 e. The molecular formula is C21H32FN3O4. The van der Waals surface area contributed by atoms with Crippen LogP contribution in [0.1, 0.15) is 25.8 Å². The van der Waals surface area contributed by atoms with Crippen LogP contribution in [-0.4, -0.2) is 62.3 Å². The Hall–Kier alpha value is -2.61. The summed E-state index contributed by atoms with van der Waals surface area (Å²) in [5.74, 6) is -0.0715. The molecule has 0 radical (unpaired) electrons. The Morgan fingerprint density at radius 1 is 1.31 bits per heavy atom. The Bertz CT molecular complexity index is 669. The van der Waals surface area contributed by atoms with E-state index in [0.717, 1.165) is 12.0 Å². The van der Waals surface area contributed by atoms with Gasteiger partial charge in [0.15, 0.2) is 0 Å². The van der Waals surface area contributed by atoms with Crippen molar-refractivity contribution >= 4 is 11.9 Å². The molecule has 3 amide bonds. The summed E-state index contributed by atoms with van der Waals surface area (Å²) in [6.07, 6.45) is 1.94. The van der Waals surface area contributed by atoms with Crippen LogP contribution in [0.4, 0.5) is 9.18 Å². The number of carbonyl (C=O) groups is 2. The topological polar surface area (TPSA) is 79.9 Å². The lowest BCUT2D eigenvalue weighted by Crippen LogP contribution is -2.42. The Balaban J connectivity index is 0.00000204. The van der Waals surface area contributed by atoms with Gasteiger partial charge in [-0.15, -0.1) is 0 Å². The number of aryl methyl sites for hydroxylation is 1. The molecular weight excluding hydrogens is 377 g/mol. The van der Waals surface area contributed by atoms with Crippen LogP contribution in [0.15, 0.2) is 30.9 Å². The van der Waals surface area contributed by atoms with E-state index in [4.69, 9.17) is 9.47 Å². The number of carbonyl (C=O) groups excluding carboxylic acids is 2. The van der Waals surface area contributed by atoms with E-state index in [0.29, 0.717) is 45.2 Å². The number of halogens is 1. The van der Waals surface area contributed by atoms with Crippen molar-refractivity contribution in [3.8, 4) is 5.75 Å². The molecule has 8 heteroatoms. The highest BCUT2D eigenvalue weighted by molar-refractivity contribution is 5.87. The maximum atomic E-state index is 13.2. The van der Waals surface area contributed by atoms with Crippen molar-refractivity contribution in [1.82, 2.24) is 15.5 Å². The molecule has 1 fully saturated rings. The fraction of sp³-hybridized carbons (Fsp3) is 0.524. The third kappa shape index (κ3) is 8.95. The largest absolute Gasteiger partial charge is 0.491 e. The van der Waals surface area contributed by atoms with Crippen LogP contribution in [-0.2, 0) is 9.53 Å². The molecule has 1 heterocycles. The number of nitrogens with zero attached hydrogens (tertiary/aromatic N) is 1. The van der Waals surface area contributed by atoms with Gasteiger partial charge in [-0.2, -0.15) is 0 Å². The smallest absolute Gasteiger partial charge is 0.317 e. The third-order valence-electron chi connectivity index (χ3n) is 4.17. The minimum Gasteiger partial charge on any atom is -0.491 e. The predicted molar refractivity (Wildman–Crippen MR) is 111 cm³/mol. The number of likely N-dealkylation sites (tertiary alicyclic amines) is 1. The number of nitrogens with one attached hydrogen (secondary N) is 2. The summed E-state index contributed by atoms with van der Waals surface area (Å²) in [6.45, 7) is 11.7. The first-order valence-corrected chi connectivity index (χ1v) is 9.92. The van der Waals surface area contributed by atoms with E-state index in [9.17, 15) is 14.0 Å². The molecule has 0 spiro atoms. The second-order valence-electron chi connectivity index (χ2n) is 6.25. The zero-order valence-electron chi connectivity index (χ0n) is 17.5. The Morgan fingerprint density at radius 2 is 2.07 bits per heavy atom. The molecule has 1 unspecified atom stereocenters. The second kappa shape index (κ2) is 13.5. The van der Waals surface area contributed by atoms with E-state index >= 15 is 0 Å². The lowest BCUT2D eigenvalue weighted by molar-refractivity contribution is -0.117. The van der Waals surface area contributed by atoms with Gasteiger partial charge in [0.25, 0.3) is 0 Å². The van der Waals surface area contributed by atoms with E-state index in [-0.39, 0.29) is 23.8 Å². The van der Waals surface area contributed by atoms with Crippen molar-refractivity contribution in [2.45, 2.75) is 33.2 Å². The summed E-state index contributed by atoms with van der Waals surface area (Å²) < 4.78 is 24.0. The number of hydrogen-bond donors (Lipinski definition) is 2. The van der Waals surface area contributed by atoms with Crippen molar-refractivity contribution in [2.75, 3.05) is 39.5 Å². The summed E-state index contributed by atoms with van der Waals surface area (Å²) >= 11 is 0. The molecule has 0 aromatic heterocycles. The number of benzene rings is 1. The van der Waals surface area contributed by atoms with Crippen LogP contribution in [0.3, 0.4) is 0 Å². The van der Waals surface area contributed by atoms with Crippen molar-refractivity contribution in [3.63, 3.8) is 0 Å². The molecule has 0 saturated carbocycles. The molecule has 1 saturated heterocycles. The number of hydrogen-bond acceptors (Lipinski definition) is 4. The van der Waals surface area contributed by atoms with Crippen molar-refractivity contribution in [2.24, 2.45) is 0 Å². The molecule has 2 rings (SSSR count). The highest BCUT2D eigenvalue weighted by Gasteiger charge is 2.26. The standard InChI is InChI=1S/C19H26FN3O4.C2H6/c1-3-18(24)22-16-6-8-23(13-16)19(25)21-7-9-26-10-11-27-17-12-15(20)5-4-14(17)2;1-2/h3-5,12,16H,1,6-11,13H2,2H3,(H,21,25)(H,22,24);1-2H3. The van der Waals surface area contributed by atoms with Crippen molar-refractivity contribution < 1.29 is 23.5 Å². The van der Waals surface area contributed by atoms with Gasteiger partial charge >= 0.3 is 6.03 Å². The molecule has 29 heavy (non-hydrogen) atoms. The maximum absolute atomic E-state index is 13.2. The third-order valence-corrected chi connectivity index (χ3v) is 4.17. The number of urea groups is 1. The van der Waals surface area contributed by atoms with Gasteiger partial charge in [0.1, 0.15) is 18.2 Å². The molecule has 0 bridgehead atoms. The van der Waals surface area contributed by atoms with Gasteiger partial charge in [-0.05, 0) is 31.1 Å². The number of amides is 3. The molecule has 1 atom stereocenters. The summed E-state index contributed by atoms with van der Waals surface area (Å²) in [7, 11) is 0. The molecule has 1 aliphatic heterocycles. The highest BCUT2D eigenvalue weighted by Crippen LogP contribution is 2.18. The Labute approximate surface area is 172 Å². The zero-order valence-corrected chi connectivity index (χ0v) is 17.5. The zero-order chi connectivity index (χ0) is 21.6. The summed E-state index contributed by atoms with van der Waals surface area (Å²) in [6, 6.07) is 4.17. The first-order valence-electron chi connectivity index (χ1n) is 9.92. The van der Waals surface area contributed by atoms with Gasteiger partial charge in [-0.3, -0.25) is 4.79 Å². The van der Waals surface area contributed by atoms with Crippen LogP contribution in [0.25, 0.3) is 0 Å². The van der Waals surface area contributed by atoms with Gasteiger partial charge < -0.3 is 25.0 Å². The second-order valence-corrected chi connectivity index (χ2v) is 6.25. The van der Waals surface area contributed by atoms with E-state index in [1.165, 1.54) is 18.2 Å².